The summed E-state index contributed by atoms with van der Waals surface area (Å²) in [6.07, 6.45) is 11.7. The van der Waals surface area contributed by atoms with Crippen molar-refractivity contribution < 1.29 is 0 Å². The molecule has 1 saturated carbocycles. The van der Waals surface area contributed by atoms with Crippen molar-refractivity contribution in [2.45, 2.75) is 64.5 Å². The summed E-state index contributed by atoms with van der Waals surface area (Å²) in [7, 11) is 0. The summed E-state index contributed by atoms with van der Waals surface area (Å²) in [5, 5.41) is 3.63. The average Bonchev–Trinajstić information content (AvgIpc) is 2.86. The zero-order valence-corrected chi connectivity index (χ0v) is 10.5. The Morgan fingerprint density at radius 2 is 2.19 bits per heavy atom. The number of unbranched alkanes of at least 4 members (excludes halogenated alkanes) is 1. The number of anilines is 1. The molecule has 0 amide bonds. The largest absolute Gasteiger partial charge is 0.351 e. The molecular formula is C13H23N3. The first kappa shape index (κ1) is 11.5. The van der Waals surface area contributed by atoms with Crippen molar-refractivity contribution in [1.82, 2.24) is 9.55 Å². The third kappa shape index (κ3) is 2.57. The van der Waals surface area contributed by atoms with E-state index in [-0.39, 0.29) is 5.54 Å². The predicted octanol–water partition coefficient (Wildman–Crippen LogP) is 3.43. The summed E-state index contributed by atoms with van der Waals surface area (Å²) in [4.78, 5) is 4.43. The first-order chi connectivity index (χ1) is 7.73. The Balaban J connectivity index is 2.00. The summed E-state index contributed by atoms with van der Waals surface area (Å²) in [6, 6.07) is 0. The summed E-state index contributed by atoms with van der Waals surface area (Å²) >= 11 is 0. The third-order valence-corrected chi connectivity index (χ3v) is 3.59. The molecule has 0 atom stereocenters. The Morgan fingerprint density at radius 1 is 1.44 bits per heavy atom. The lowest BCUT2D eigenvalue weighted by Gasteiger charge is -2.26. The molecule has 1 aliphatic rings. The first-order valence-electron chi connectivity index (χ1n) is 6.53. The highest BCUT2D eigenvalue weighted by atomic mass is 15.2. The molecule has 1 heterocycles. The van der Waals surface area contributed by atoms with Crippen molar-refractivity contribution in [2.24, 2.45) is 0 Å². The number of imidazole rings is 1. The highest BCUT2D eigenvalue weighted by Crippen LogP contribution is 2.32. The Labute approximate surface area is 98.3 Å². The van der Waals surface area contributed by atoms with E-state index in [9.17, 15) is 0 Å². The van der Waals surface area contributed by atoms with Crippen LogP contribution in [0.15, 0.2) is 12.4 Å². The molecule has 0 radical (unpaired) electrons. The molecule has 3 nitrogen and oxygen atoms in total. The van der Waals surface area contributed by atoms with E-state index in [0.29, 0.717) is 0 Å². The van der Waals surface area contributed by atoms with Gasteiger partial charge in [-0.2, -0.15) is 0 Å². The highest BCUT2D eigenvalue weighted by Gasteiger charge is 2.29. The zero-order chi connectivity index (χ0) is 11.4. The van der Waals surface area contributed by atoms with Crippen molar-refractivity contribution in [3.63, 3.8) is 0 Å². The number of rotatable bonds is 5. The number of hydrogen-bond acceptors (Lipinski definition) is 2. The minimum Gasteiger partial charge on any atom is -0.351 e. The van der Waals surface area contributed by atoms with E-state index in [4.69, 9.17) is 0 Å². The lowest BCUT2D eigenvalue weighted by molar-refractivity contribution is 0.518. The fraction of sp³-hybridized carbons (Fsp3) is 0.769. The number of nitrogens with zero attached hydrogens (tertiary/aromatic N) is 2. The molecule has 0 unspecified atom stereocenters. The van der Waals surface area contributed by atoms with E-state index in [1.807, 2.05) is 6.20 Å². The Kier molecular flexibility index (Phi) is 3.52. The Hall–Kier alpha value is -0.990. The lowest BCUT2D eigenvalue weighted by atomic mass is 10.0. The van der Waals surface area contributed by atoms with E-state index >= 15 is 0 Å². The molecule has 0 bridgehead atoms. The van der Waals surface area contributed by atoms with E-state index < -0.39 is 0 Å². The van der Waals surface area contributed by atoms with Gasteiger partial charge in [0.25, 0.3) is 0 Å². The van der Waals surface area contributed by atoms with E-state index in [2.05, 4.69) is 34.9 Å². The van der Waals surface area contributed by atoms with Crippen LogP contribution in [0.4, 0.5) is 5.95 Å². The molecule has 2 rings (SSSR count). The van der Waals surface area contributed by atoms with Crippen molar-refractivity contribution in [1.29, 1.82) is 0 Å². The second kappa shape index (κ2) is 4.89. The second-order valence-corrected chi connectivity index (χ2v) is 5.19. The predicted molar refractivity (Wildman–Crippen MR) is 67.6 cm³/mol. The third-order valence-electron chi connectivity index (χ3n) is 3.59. The topological polar surface area (TPSA) is 29.9 Å². The molecule has 0 aromatic carbocycles. The van der Waals surface area contributed by atoms with Crippen molar-refractivity contribution in [3.8, 4) is 0 Å². The fourth-order valence-corrected chi connectivity index (χ4v) is 2.49. The highest BCUT2D eigenvalue weighted by molar-refractivity contribution is 5.31. The molecule has 1 aliphatic carbocycles. The van der Waals surface area contributed by atoms with Gasteiger partial charge in [0, 0.05) is 24.5 Å². The lowest BCUT2D eigenvalue weighted by Crippen LogP contribution is -2.32. The second-order valence-electron chi connectivity index (χ2n) is 5.19. The normalized spacial score (nSPS) is 18.9. The van der Waals surface area contributed by atoms with Crippen LogP contribution in [0.25, 0.3) is 0 Å². The molecule has 16 heavy (non-hydrogen) atoms. The van der Waals surface area contributed by atoms with Crippen LogP contribution in [-0.4, -0.2) is 15.1 Å². The maximum absolute atomic E-state index is 4.43. The van der Waals surface area contributed by atoms with Crippen LogP contribution in [0, 0.1) is 0 Å². The van der Waals surface area contributed by atoms with Crippen LogP contribution in [0.1, 0.15) is 52.4 Å². The van der Waals surface area contributed by atoms with Crippen LogP contribution in [0.2, 0.25) is 0 Å². The number of hydrogen-bond donors (Lipinski definition) is 1. The van der Waals surface area contributed by atoms with Crippen molar-refractivity contribution in [2.75, 3.05) is 5.32 Å². The van der Waals surface area contributed by atoms with E-state index in [1.165, 1.54) is 38.5 Å². The molecule has 0 aliphatic heterocycles. The number of nitrogens with one attached hydrogen (secondary N) is 1. The zero-order valence-electron chi connectivity index (χ0n) is 10.5. The molecule has 1 aromatic heterocycles. The monoisotopic (exact) mass is 221 g/mol. The van der Waals surface area contributed by atoms with Gasteiger partial charge in [0.2, 0.25) is 5.95 Å². The SMILES string of the molecule is CCCCn1ccnc1NC1(C)CCCC1. The van der Waals surface area contributed by atoms with Crippen LogP contribution in [-0.2, 0) is 6.54 Å². The maximum atomic E-state index is 4.43. The van der Waals surface area contributed by atoms with Gasteiger partial charge in [-0.1, -0.05) is 26.2 Å². The molecule has 0 spiro atoms. The quantitative estimate of drug-likeness (QED) is 0.825. The Bertz CT molecular complexity index is 324. The molecule has 3 heteroatoms. The Morgan fingerprint density at radius 3 is 2.88 bits per heavy atom. The van der Waals surface area contributed by atoms with E-state index in [0.717, 1.165) is 12.5 Å². The minimum atomic E-state index is 0.273. The molecule has 1 N–H and O–H groups in total. The van der Waals surface area contributed by atoms with Gasteiger partial charge in [0.05, 0.1) is 0 Å². The van der Waals surface area contributed by atoms with Gasteiger partial charge in [0.1, 0.15) is 0 Å². The number of aryl methyl sites for hydroxylation is 1. The van der Waals surface area contributed by atoms with Gasteiger partial charge >= 0.3 is 0 Å². The minimum absolute atomic E-state index is 0.273. The molecule has 1 fully saturated rings. The van der Waals surface area contributed by atoms with Crippen molar-refractivity contribution in [3.05, 3.63) is 12.4 Å². The van der Waals surface area contributed by atoms with Crippen molar-refractivity contribution >= 4 is 5.95 Å². The van der Waals surface area contributed by atoms with Gasteiger partial charge in [-0.25, -0.2) is 4.98 Å². The van der Waals surface area contributed by atoms with Crippen LogP contribution >= 0.6 is 0 Å². The molecular weight excluding hydrogens is 198 g/mol. The van der Waals surface area contributed by atoms with Crippen LogP contribution < -0.4 is 5.32 Å². The first-order valence-corrected chi connectivity index (χ1v) is 6.53. The van der Waals surface area contributed by atoms with Gasteiger partial charge in [0.15, 0.2) is 0 Å². The van der Waals surface area contributed by atoms with Crippen LogP contribution in [0.5, 0.6) is 0 Å². The number of aromatic nitrogens is 2. The fourth-order valence-electron chi connectivity index (χ4n) is 2.49. The standard InChI is InChI=1S/C13H23N3/c1-3-4-10-16-11-9-14-12(16)15-13(2)7-5-6-8-13/h9,11H,3-8,10H2,1-2H3,(H,14,15). The summed E-state index contributed by atoms with van der Waals surface area (Å²) < 4.78 is 2.24. The molecule has 1 aromatic rings. The van der Waals surface area contributed by atoms with Gasteiger partial charge < -0.3 is 9.88 Å². The van der Waals surface area contributed by atoms with Gasteiger partial charge in [-0.3, -0.25) is 0 Å². The molecule has 90 valence electrons. The summed E-state index contributed by atoms with van der Waals surface area (Å²) in [5.41, 5.74) is 0.273. The summed E-state index contributed by atoms with van der Waals surface area (Å²) in [5.74, 6) is 1.05. The van der Waals surface area contributed by atoms with Gasteiger partial charge in [-0.05, 0) is 26.2 Å². The van der Waals surface area contributed by atoms with Gasteiger partial charge in [-0.15, -0.1) is 0 Å². The maximum Gasteiger partial charge on any atom is 0.203 e. The molecule has 0 saturated heterocycles. The van der Waals surface area contributed by atoms with Crippen LogP contribution in [0.3, 0.4) is 0 Å². The summed E-state index contributed by atoms with van der Waals surface area (Å²) in [6.45, 7) is 5.62. The smallest absolute Gasteiger partial charge is 0.203 e. The van der Waals surface area contributed by atoms with E-state index in [1.54, 1.807) is 0 Å². The average molecular weight is 221 g/mol.